The van der Waals surface area contributed by atoms with Crippen molar-refractivity contribution >= 4 is 18.5 Å². The molecule has 2 aliphatic rings. The second-order valence-corrected chi connectivity index (χ2v) is 5.28. The Morgan fingerprint density at radius 1 is 1.71 bits per heavy atom. The Morgan fingerprint density at radius 2 is 2.53 bits per heavy atom. The summed E-state index contributed by atoms with van der Waals surface area (Å²) in [6, 6.07) is 0.348. The van der Waals surface area contributed by atoms with Crippen LogP contribution in [0.4, 0.5) is 0 Å². The number of hydrogen-bond donors (Lipinski definition) is 3. The second-order valence-electron chi connectivity index (χ2n) is 4.91. The summed E-state index contributed by atoms with van der Waals surface area (Å²) in [6.45, 7) is 4.42. The molecule has 0 spiro atoms. The second kappa shape index (κ2) is 5.59. The van der Waals surface area contributed by atoms with E-state index in [4.69, 9.17) is 14.9 Å². The van der Waals surface area contributed by atoms with Crippen molar-refractivity contribution in [3.63, 3.8) is 0 Å². The van der Waals surface area contributed by atoms with Gasteiger partial charge < -0.3 is 14.8 Å². The molecule has 17 heavy (non-hydrogen) atoms. The molecule has 0 aromatic rings. The van der Waals surface area contributed by atoms with Crippen LogP contribution in [0.3, 0.4) is 0 Å². The Hall–Kier alpha value is -0.260. The molecule has 2 rings (SSSR count). The Morgan fingerprint density at radius 3 is 3.24 bits per heavy atom. The maximum absolute atomic E-state index is 8.26. The molecule has 0 aliphatic carbocycles. The first-order valence-corrected chi connectivity index (χ1v) is 7.04. The highest BCUT2D eigenvalue weighted by Gasteiger charge is 2.50. The van der Waals surface area contributed by atoms with Crippen molar-refractivity contribution in [1.82, 2.24) is 5.32 Å². The van der Waals surface area contributed by atoms with Crippen LogP contribution in [0.2, 0.25) is 0 Å². The van der Waals surface area contributed by atoms with E-state index in [1.807, 2.05) is 0 Å². The zero-order valence-corrected chi connectivity index (χ0v) is 11.3. The Kier molecular flexibility index (Phi) is 4.33. The van der Waals surface area contributed by atoms with Crippen LogP contribution in [0.15, 0.2) is 0 Å². The molecule has 3 unspecified atom stereocenters. The molecule has 0 amide bonds. The standard InChI is InChI=1S/C12H22N2O2S/c1-2-9(7-17)16-11(13)12-4-5-14-10(12)3-6-15-8-12/h9-10,13-14,17H,2-8H2,1H3. The summed E-state index contributed by atoms with van der Waals surface area (Å²) in [6.07, 6.45) is 2.85. The Balaban J connectivity index is 2.05. The predicted molar refractivity (Wildman–Crippen MR) is 71.0 cm³/mol. The van der Waals surface area contributed by atoms with Gasteiger partial charge >= 0.3 is 0 Å². The van der Waals surface area contributed by atoms with Gasteiger partial charge in [-0.15, -0.1) is 0 Å². The summed E-state index contributed by atoms with van der Waals surface area (Å²) >= 11 is 4.26. The zero-order chi connectivity index (χ0) is 12.3. The molecule has 2 N–H and O–H groups in total. The highest BCUT2D eigenvalue weighted by molar-refractivity contribution is 7.80. The molecule has 0 bridgehead atoms. The van der Waals surface area contributed by atoms with Crippen molar-refractivity contribution in [1.29, 1.82) is 5.41 Å². The fourth-order valence-corrected chi connectivity index (χ4v) is 3.05. The van der Waals surface area contributed by atoms with Gasteiger partial charge in [-0.3, -0.25) is 5.41 Å². The number of nitrogens with one attached hydrogen (secondary N) is 2. The van der Waals surface area contributed by atoms with E-state index in [-0.39, 0.29) is 11.5 Å². The smallest absolute Gasteiger partial charge is 0.191 e. The minimum Gasteiger partial charge on any atom is -0.476 e. The van der Waals surface area contributed by atoms with Crippen LogP contribution in [-0.2, 0) is 9.47 Å². The van der Waals surface area contributed by atoms with E-state index in [1.54, 1.807) is 0 Å². The van der Waals surface area contributed by atoms with Crippen LogP contribution in [0, 0.1) is 10.8 Å². The van der Waals surface area contributed by atoms with E-state index in [0.717, 1.165) is 32.4 Å². The maximum Gasteiger partial charge on any atom is 0.191 e. The molecular formula is C12H22N2O2S. The average Bonchev–Trinajstić information content (AvgIpc) is 2.80. The fourth-order valence-electron chi connectivity index (χ4n) is 2.72. The first-order chi connectivity index (χ1) is 8.23. The zero-order valence-electron chi connectivity index (χ0n) is 10.4. The fraction of sp³-hybridized carbons (Fsp3) is 0.917. The van der Waals surface area contributed by atoms with Crippen molar-refractivity contribution < 1.29 is 9.47 Å². The molecule has 5 heteroatoms. The lowest BCUT2D eigenvalue weighted by molar-refractivity contribution is 0.00453. The van der Waals surface area contributed by atoms with Gasteiger partial charge in [0.25, 0.3) is 0 Å². The van der Waals surface area contributed by atoms with Gasteiger partial charge in [-0.25, -0.2) is 0 Å². The number of rotatable bonds is 4. The lowest BCUT2D eigenvalue weighted by Crippen LogP contribution is -2.51. The van der Waals surface area contributed by atoms with E-state index in [2.05, 4.69) is 24.9 Å². The van der Waals surface area contributed by atoms with Crippen molar-refractivity contribution in [2.24, 2.45) is 5.41 Å². The topological polar surface area (TPSA) is 54.3 Å². The van der Waals surface area contributed by atoms with Crippen molar-refractivity contribution in [2.75, 3.05) is 25.5 Å². The van der Waals surface area contributed by atoms with Gasteiger partial charge in [0.15, 0.2) is 5.90 Å². The van der Waals surface area contributed by atoms with Crippen LogP contribution in [0.1, 0.15) is 26.2 Å². The molecule has 3 atom stereocenters. The normalized spacial score (nSPS) is 34.1. The van der Waals surface area contributed by atoms with Gasteiger partial charge in [0.2, 0.25) is 0 Å². The molecule has 0 aromatic carbocycles. The van der Waals surface area contributed by atoms with Crippen LogP contribution >= 0.6 is 12.6 Å². The van der Waals surface area contributed by atoms with Crippen molar-refractivity contribution in [3.05, 3.63) is 0 Å². The first kappa shape index (κ1) is 13.2. The highest BCUT2D eigenvalue weighted by atomic mass is 32.1. The molecule has 0 saturated carbocycles. The number of thiol groups is 1. The van der Waals surface area contributed by atoms with Gasteiger partial charge in [-0.2, -0.15) is 12.6 Å². The largest absolute Gasteiger partial charge is 0.476 e. The first-order valence-electron chi connectivity index (χ1n) is 6.40. The third-order valence-corrected chi connectivity index (χ3v) is 4.34. The minimum absolute atomic E-state index is 0.0448. The van der Waals surface area contributed by atoms with E-state index in [0.29, 0.717) is 24.3 Å². The van der Waals surface area contributed by atoms with Gasteiger partial charge in [0.05, 0.1) is 12.0 Å². The summed E-state index contributed by atoms with van der Waals surface area (Å²) in [5, 5.41) is 11.7. The molecule has 98 valence electrons. The quantitative estimate of drug-likeness (QED) is 0.406. The predicted octanol–water partition coefficient (Wildman–Crippen LogP) is 1.46. The lowest BCUT2D eigenvalue weighted by Gasteiger charge is -2.39. The molecule has 0 radical (unpaired) electrons. The molecule has 0 aromatic heterocycles. The van der Waals surface area contributed by atoms with Crippen LogP contribution in [0.5, 0.6) is 0 Å². The number of ether oxygens (including phenoxy) is 2. The summed E-state index contributed by atoms with van der Waals surface area (Å²) in [5.74, 6) is 1.06. The molecule has 2 heterocycles. The van der Waals surface area contributed by atoms with E-state index >= 15 is 0 Å². The number of fused-ring (bicyclic) bond motifs is 1. The summed E-state index contributed by atoms with van der Waals surface area (Å²) in [4.78, 5) is 0. The van der Waals surface area contributed by atoms with Crippen molar-refractivity contribution in [2.45, 2.75) is 38.3 Å². The maximum atomic E-state index is 8.26. The monoisotopic (exact) mass is 258 g/mol. The molecule has 2 fully saturated rings. The van der Waals surface area contributed by atoms with Gasteiger partial charge in [-0.05, 0) is 25.8 Å². The van der Waals surface area contributed by atoms with Crippen molar-refractivity contribution in [3.8, 4) is 0 Å². The Bertz CT molecular complexity index is 284. The molecular weight excluding hydrogens is 236 g/mol. The summed E-state index contributed by atoms with van der Waals surface area (Å²) in [5.41, 5.74) is -0.228. The molecule has 4 nitrogen and oxygen atoms in total. The van der Waals surface area contributed by atoms with E-state index in [9.17, 15) is 0 Å². The summed E-state index contributed by atoms with van der Waals surface area (Å²) < 4.78 is 11.4. The van der Waals surface area contributed by atoms with E-state index < -0.39 is 0 Å². The third-order valence-electron chi connectivity index (χ3n) is 3.94. The van der Waals surface area contributed by atoms with Crippen LogP contribution in [0.25, 0.3) is 0 Å². The SMILES string of the molecule is CCC(CS)OC(=N)C12CCNC1CCOC2. The summed E-state index contributed by atoms with van der Waals surface area (Å²) in [7, 11) is 0. The number of hydrogen-bond acceptors (Lipinski definition) is 5. The minimum atomic E-state index is -0.228. The lowest BCUT2D eigenvalue weighted by atomic mass is 9.78. The van der Waals surface area contributed by atoms with Gasteiger partial charge in [0, 0.05) is 18.4 Å². The van der Waals surface area contributed by atoms with E-state index in [1.165, 1.54) is 0 Å². The molecule has 2 aliphatic heterocycles. The van der Waals surface area contributed by atoms with Crippen LogP contribution in [-0.4, -0.2) is 43.6 Å². The third kappa shape index (κ3) is 2.46. The van der Waals surface area contributed by atoms with Crippen LogP contribution < -0.4 is 5.32 Å². The highest BCUT2D eigenvalue weighted by Crippen LogP contribution is 2.38. The Labute approximate surface area is 108 Å². The van der Waals surface area contributed by atoms with Gasteiger partial charge in [0.1, 0.15) is 6.10 Å². The average molecular weight is 258 g/mol. The molecule has 2 saturated heterocycles. The van der Waals surface area contributed by atoms with Gasteiger partial charge in [-0.1, -0.05) is 6.92 Å².